The van der Waals surface area contributed by atoms with Gasteiger partial charge in [-0.25, -0.2) is 18.2 Å². The van der Waals surface area contributed by atoms with Gasteiger partial charge in [0.1, 0.15) is 23.1 Å². The van der Waals surface area contributed by atoms with Crippen LogP contribution in [0.1, 0.15) is 28.0 Å². The number of aromatic nitrogens is 3. The number of nitrogens with one attached hydrogen (secondary N) is 1. The summed E-state index contributed by atoms with van der Waals surface area (Å²) in [5.74, 6) is -0.679. The van der Waals surface area contributed by atoms with Gasteiger partial charge in [0.15, 0.2) is 23.7 Å². The van der Waals surface area contributed by atoms with Crippen LogP contribution in [0.5, 0.6) is 11.5 Å². The van der Waals surface area contributed by atoms with E-state index in [1.807, 2.05) is 0 Å². The van der Waals surface area contributed by atoms with Crippen molar-refractivity contribution in [2.45, 2.75) is 38.3 Å². The fraction of sp³-hybridized carbons (Fsp3) is 0.333. The quantitative estimate of drug-likeness (QED) is 0.525. The van der Waals surface area contributed by atoms with Gasteiger partial charge in [0.25, 0.3) is 6.43 Å². The minimum Gasteiger partial charge on any atom is -0.504 e. The predicted molar refractivity (Wildman–Crippen MR) is 122 cm³/mol. The first kappa shape index (κ1) is 22.9. The fourth-order valence-corrected chi connectivity index (χ4v) is 4.74. The Balaban J connectivity index is 1.51. The smallest absolute Gasteiger partial charge is 0.263 e. The number of benzene rings is 1. The molecular weight excluding hydrogens is 463 g/mol. The molecule has 2 aliphatic heterocycles. The molecule has 1 fully saturated rings. The summed E-state index contributed by atoms with van der Waals surface area (Å²) in [6.07, 6.45) is -1.20. The molecule has 0 amide bonds. The van der Waals surface area contributed by atoms with E-state index in [-0.39, 0.29) is 30.8 Å². The highest BCUT2D eigenvalue weighted by Crippen LogP contribution is 2.46. The Hall–Kier alpha value is -3.89. The van der Waals surface area contributed by atoms with Crippen LogP contribution < -0.4 is 15.0 Å². The Kier molecular flexibility index (Phi) is 5.49. The molecule has 2 aliphatic rings. The largest absolute Gasteiger partial charge is 0.504 e. The number of pyridine rings is 1. The second kappa shape index (κ2) is 8.40. The summed E-state index contributed by atoms with van der Waals surface area (Å²) in [6.45, 7) is 3.60. The number of carbonyl (C=O) groups is 1. The van der Waals surface area contributed by atoms with E-state index in [1.54, 1.807) is 18.7 Å². The summed E-state index contributed by atoms with van der Waals surface area (Å²) in [5.41, 5.74) is 0.724. The summed E-state index contributed by atoms with van der Waals surface area (Å²) in [4.78, 5) is 16.8. The molecular formula is C24H22F3N5O3. The fourth-order valence-electron chi connectivity index (χ4n) is 4.74. The Bertz CT molecular complexity index is 1320. The van der Waals surface area contributed by atoms with Gasteiger partial charge in [-0.05, 0) is 43.2 Å². The average Bonchev–Trinajstić information content (AvgIpc) is 3.24. The third-order valence-corrected chi connectivity index (χ3v) is 6.84. The molecule has 0 radical (unpaired) electrons. The highest BCUT2D eigenvalue weighted by Gasteiger charge is 2.56. The molecule has 3 aromatic rings. The monoisotopic (exact) mass is 485 g/mol. The molecule has 0 aliphatic carbocycles. The number of nitrogens with zero attached hydrogens (tertiary/aromatic N) is 4. The zero-order valence-electron chi connectivity index (χ0n) is 18.9. The van der Waals surface area contributed by atoms with Crippen molar-refractivity contribution in [3.63, 3.8) is 0 Å². The number of ether oxygens (including phenoxy) is 1. The lowest BCUT2D eigenvalue weighted by Gasteiger charge is -2.43. The van der Waals surface area contributed by atoms with Crippen LogP contribution in [0.3, 0.4) is 0 Å². The topological polar surface area (TPSA) is 100 Å². The molecule has 11 heteroatoms. The minimum absolute atomic E-state index is 0.0217. The van der Waals surface area contributed by atoms with Gasteiger partial charge < -0.3 is 20.1 Å². The number of para-hydroxylation sites is 1. The number of anilines is 2. The molecule has 0 saturated carbocycles. The second-order valence-electron chi connectivity index (χ2n) is 8.79. The van der Waals surface area contributed by atoms with Crippen LogP contribution in [-0.2, 0) is 0 Å². The highest BCUT2D eigenvalue weighted by atomic mass is 19.3. The molecule has 1 aromatic carbocycles. The predicted octanol–water partition coefficient (Wildman–Crippen LogP) is 3.90. The summed E-state index contributed by atoms with van der Waals surface area (Å²) >= 11 is 0. The molecule has 2 aromatic heterocycles. The molecule has 5 rings (SSSR count). The second-order valence-corrected chi connectivity index (χ2v) is 8.79. The number of hydrogen-bond donors (Lipinski definition) is 2. The third kappa shape index (κ3) is 3.62. The number of alkyl halides is 2. The van der Waals surface area contributed by atoms with Gasteiger partial charge in [-0.2, -0.15) is 0 Å². The lowest BCUT2D eigenvalue weighted by atomic mass is 9.93. The molecule has 182 valence electrons. The van der Waals surface area contributed by atoms with Gasteiger partial charge in [0.05, 0.1) is 24.1 Å². The number of rotatable bonds is 5. The summed E-state index contributed by atoms with van der Waals surface area (Å²) in [7, 11) is 0. The van der Waals surface area contributed by atoms with Crippen LogP contribution in [0.4, 0.5) is 24.7 Å². The first-order chi connectivity index (χ1) is 16.7. The summed E-state index contributed by atoms with van der Waals surface area (Å²) in [5, 5.41) is 21.2. The van der Waals surface area contributed by atoms with E-state index < -0.39 is 29.6 Å². The maximum atomic E-state index is 14.5. The first-order valence-electron chi connectivity index (χ1n) is 11.0. The van der Waals surface area contributed by atoms with E-state index in [4.69, 9.17) is 4.74 Å². The molecule has 35 heavy (non-hydrogen) atoms. The number of halogens is 3. The third-order valence-electron chi connectivity index (χ3n) is 6.84. The Labute approximate surface area is 198 Å². The van der Waals surface area contributed by atoms with E-state index in [9.17, 15) is 23.1 Å². The molecule has 8 nitrogen and oxygen atoms in total. The maximum Gasteiger partial charge on any atom is 0.263 e. The number of carbonyl (C=O) groups excluding carboxylic acids is 1. The molecule has 0 bridgehead atoms. The van der Waals surface area contributed by atoms with Gasteiger partial charge in [0.2, 0.25) is 0 Å². The zero-order valence-corrected chi connectivity index (χ0v) is 18.9. The van der Waals surface area contributed by atoms with E-state index >= 15 is 0 Å². The molecule has 2 unspecified atom stereocenters. The van der Waals surface area contributed by atoms with Crippen LogP contribution in [0.2, 0.25) is 0 Å². The van der Waals surface area contributed by atoms with Crippen LogP contribution in [0.25, 0.3) is 11.3 Å². The van der Waals surface area contributed by atoms with Crippen molar-refractivity contribution in [1.82, 2.24) is 15.2 Å². The summed E-state index contributed by atoms with van der Waals surface area (Å²) < 4.78 is 49.1. The number of fused-ring (bicyclic) bond motifs is 3. The Morgan fingerprint density at radius 3 is 2.83 bits per heavy atom. The van der Waals surface area contributed by atoms with Crippen LogP contribution in [0.15, 0.2) is 30.5 Å². The van der Waals surface area contributed by atoms with E-state index in [0.717, 1.165) is 6.07 Å². The van der Waals surface area contributed by atoms with Gasteiger partial charge in [-0.3, -0.25) is 4.79 Å². The van der Waals surface area contributed by atoms with Crippen molar-refractivity contribution in [2.24, 2.45) is 0 Å². The van der Waals surface area contributed by atoms with Gasteiger partial charge in [-0.15, -0.1) is 10.2 Å². The zero-order chi connectivity index (χ0) is 24.9. The number of hydrogen-bond acceptors (Lipinski definition) is 8. The van der Waals surface area contributed by atoms with Crippen LogP contribution in [0, 0.1) is 19.7 Å². The Morgan fingerprint density at radius 2 is 2.09 bits per heavy atom. The lowest BCUT2D eigenvalue weighted by molar-refractivity contribution is 0.0531. The lowest BCUT2D eigenvalue weighted by Crippen LogP contribution is -2.57. The van der Waals surface area contributed by atoms with E-state index in [1.165, 1.54) is 24.4 Å². The summed E-state index contributed by atoms with van der Waals surface area (Å²) in [6, 6.07) is 5.51. The standard InChI is InChI=1S/C24H22F3N5O3/c1-12-13(2)20(8-28-18(12)10-33)35-14-7-24(23(26)27)11-29-22-19(32(24)9-14)6-17(30-31-22)15-4-3-5-16(25)21(15)34/h3-6,8,10,14,23,34H,7,9,11H2,1-2H3,(H,29,31). The normalized spacial score (nSPS) is 20.9. The minimum atomic E-state index is -2.71. The van der Waals surface area contributed by atoms with Crippen molar-refractivity contribution in [1.29, 1.82) is 0 Å². The molecule has 1 saturated heterocycles. The van der Waals surface area contributed by atoms with Gasteiger partial charge in [-0.1, -0.05) is 6.07 Å². The molecule has 4 heterocycles. The van der Waals surface area contributed by atoms with E-state index in [2.05, 4.69) is 20.5 Å². The van der Waals surface area contributed by atoms with Gasteiger partial charge >= 0.3 is 0 Å². The van der Waals surface area contributed by atoms with Crippen molar-refractivity contribution in [2.75, 3.05) is 23.3 Å². The number of aldehydes is 1. The number of aromatic hydroxyl groups is 1. The van der Waals surface area contributed by atoms with Gasteiger partial charge in [0, 0.05) is 18.5 Å². The highest BCUT2D eigenvalue weighted by molar-refractivity contribution is 5.78. The Morgan fingerprint density at radius 1 is 1.29 bits per heavy atom. The number of phenolic OH excluding ortho intramolecular Hbond substituents is 1. The maximum absolute atomic E-state index is 14.5. The number of phenols is 1. The molecule has 2 N–H and O–H groups in total. The van der Waals surface area contributed by atoms with Crippen molar-refractivity contribution >= 4 is 17.8 Å². The van der Waals surface area contributed by atoms with E-state index in [0.29, 0.717) is 40.4 Å². The van der Waals surface area contributed by atoms with Crippen LogP contribution >= 0.6 is 0 Å². The molecule has 0 spiro atoms. The average molecular weight is 485 g/mol. The molecule has 2 atom stereocenters. The van der Waals surface area contributed by atoms with Crippen LogP contribution in [-0.4, -0.2) is 57.7 Å². The SMILES string of the molecule is Cc1c(OC2CN3c4cc(-c5cccc(F)c5O)nnc4NCC3(C(F)F)C2)cnc(C=O)c1C. The first-order valence-corrected chi connectivity index (χ1v) is 11.0. The van der Waals surface area contributed by atoms with Crippen molar-refractivity contribution in [3.8, 4) is 22.8 Å². The van der Waals surface area contributed by atoms with Crippen molar-refractivity contribution < 1.29 is 27.8 Å². The van der Waals surface area contributed by atoms with Crippen molar-refractivity contribution in [3.05, 3.63) is 53.1 Å².